The summed E-state index contributed by atoms with van der Waals surface area (Å²) in [5.41, 5.74) is 2.39. The van der Waals surface area contributed by atoms with Gasteiger partial charge < -0.3 is 5.11 Å². The molecule has 0 unspecified atom stereocenters. The Kier molecular flexibility index (Phi) is 2.98. The van der Waals surface area contributed by atoms with Crippen molar-refractivity contribution >= 4 is 18.6 Å². The second kappa shape index (κ2) is 3.83. The minimum atomic E-state index is -0.917. The van der Waals surface area contributed by atoms with E-state index in [0.717, 1.165) is 17.5 Å². The van der Waals surface area contributed by atoms with E-state index in [1.807, 2.05) is 19.9 Å². The van der Waals surface area contributed by atoms with Gasteiger partial charge in [0.15, 0.2) is 0 Å². The molecule has 2 nitrogen and oxygen atoms in total. The SMILES string of the molecule is CCc1c(C)ccc(C(=O)O)c1S. The third-order valence-electron chi connectivity index (χ3n) is 2.10. The lowest BCUT2D eigenvalue weighted by Gasteiger charge is -2.08. The summed E-state index contributed by atoms with van der Waals surface area (Å²) in [5.74, 6) is -0.917. The van der Waals surface area contributed by atoms with E-state index in [4.69, 9.17) is 5.11 Å². The average molecular weight is 196 g/mol. The first-order valence-electron chi connectivity index (χ1n) is 4.12. The van der Waals surface area contributed by atoms with Crippen molar-refractivity contribution in [2.24, 2.45) is 0 Å². The van der Waals surface area contributed by atoms with Crippen molar-refractivity contribution in [2.75, 3.05) is 0 Å². The van der Waals surface area contributed by atoms with Gasteiger partial charge in [0.1, 0.15) is 0 Å². The molecule has 3 heteroatoms. The number of rotatable bonds is 2. The van der Waals surface area contributed by atoms with Crippen LogP contribution in [0.5, 0.6) is 0 Å². The molecule has 0 saturated heterocycles. The van der Waals surface area contributed by atoms with Crippen LogP contribution in [-0.2, 0) is 6.42 Å². The molecule has 0 saturated carbocycles. The standard InChI is InChI=1S/C10H12O2S/c1-3-7-6(2)4-5-8(9(7)13)10(11)12/h4-5,13H,3H2,1-2H3,(H,11,12). The summed E-state index contributed by atoms with van der Waals surface area (Å²) in [6.07, 6.45) is 0.811. The molecule has 0 spiro atoms. The fraction of sp³-hybridized carbons (Fsp3) is 0.300. The molecule has 1 N–H and O–H groups in total. The van der Waals surface area contributed by atoms with E-state index < -0.39 is 5.97 Å². The Labute approximate surface area is 83.0 Å². The smallest absolute Gasteiger partial charge is 0.336 e. The third kappa shape index (κ3) is 1.86. The zero-order chi connectivity index (χ0) is 10.0. The Bertz CT molecular complexity index is 345. The molecule has 1 aromatic carbocycles. The summed E-state index contributed by atoms with van der Waals surface area (Å²) in [5, 5.41) is 8.83. The zero-order valence-electron chi connectivity index (χ0n) is 7.66. The maximum atomic E-state index is 10.8. The Balaban J connectivity index is 3.35. The van der Waals surface area contributed by atoms with Crippen molar-refractivity contribution in [1.82, 2.24) is 0 Å². The van der Waals surface area contributed by atoms with E-state index in [1.165, 1.54) is 0 Å². The first-order valence-corrected chi connectivity index (χ1v) is 4.57. The maximum Gasteiger partial charge on any atom is 0.336 e. The lowest BCUT2D eigenvalue weighted by atomic mass is 10.0. The molecule has 0 heterocycles. The van der Waals surface area contributed by atoms with E-state index in [2.05, 4.69) is 12.6 Å². The lowest BCUT2D eigenvalue weighted by molar-refractivity contribution is 0.0693. The van der Waals surface area contributed by atoms with Gasteiger partial charge in [0, 0.05) is 4.90 Å². The van der Waals surface area contributed by atoms with Gasteiger partial charge in [-0.15, -0.1) is 12.6 Å². The van der Waals surface area contributed by atoms with Gasteiger partial charge in [-0.1, -0.05) is 13.0 Å². The summed E-state index contributed by atoms with van der Waals surface area (Å²) in [7, 11) is 0. The highest BCUT2D eigenvalue weighted by Gasteiger charge is 2.11. The van der Waals surface area contributed by atoms with Crippen molar-refractivity contribution in [2.45, 2.75) is 25.2 Å². The molecular weight excluding hydrogens is 184 g/mol. The molecule has 1 aromatic rings. The molecule has 0 aliphatic carbocycles. The first kappa shape index (κ1) is 10.1. The van der Waals surface area contributed by atoms with E-state index in [9.17, 15) is 4.79 Å². The number of carbonyl (C=O) groups is 1. The highest BCUT2D eigenvalue weighted by molar-refractivity contribution is 7.80. The predicted molar refractivity (Wildman–Crippen MR) is 54.8 cm³/mol. The molecule has 0 fully saturated rings. The van der Waals surface area contributed by atoms with Crippen molar-refractivity contribution in [3.63, 3.8) is 0 Å². The Morgan fingerprint density at radius 3 is 2.62 bits per heavy atom. The summed E-state index contributed by atoms with van der Waals surface area (Å²) >= 11 is 4.22. The molecule has 70 valence electrons. The number of thiol groups is 1. The van der Waals surface area contributed by atoms with E-state index in [-0.39, 0.29) is 5.56 Å². The largest absolute Gasteiger partial charge is 0.478 e. The summed E-state index contributed by atoms with van der Waals surface area (Å²) in [6.45, 7) is 3.96. The van der Waals surface area contributed by atoms with Gasteiger partial charge in [0.25, 0.3) is 0 Å². The molecule has 0 bridgehead atoms. The van der Waals surface area contributed by atoms with Crippen LogP contribution in [0.1, 0.15) is 28.4 Å². The Morgan fingerprint density at radius 1 is 1.54 bits per heavy atom. The minimum absolute atomic E-state index is 0.283. The van der Waals surface area contributed by atoms with Crippen LogP contribution >= 0.6 is 12.6 Å². The van der Waals surface area contributed by atoms with Gasteiger partial charge >= 0.3 is 5.97 Å². The quantitative estimate of drug-likeness (QED) is 0.713. The second-order valence-electron chi connectivity index (χ2n) is 2.92. The molecule has 0 aliphatic rings. The molecule has 0 amide bonds. The maximum absolute atomic E-state index is 10.8. The topological polar surface area (TPSA) is 37.3 Å². The lowest BCUT2D eigenvalue weighted by Crippen LogP contribution is -2.01. The second-order valence-corrected chi connectivity index (χ2v) is 3.36. The normalized spacial score (nSPS) is 10.1. The number of carboxylic acid groups (broad SMARTS) is 1. The molecule has 0 atom stereocenters. The molecule has 1 rings (SSSR count). The van der Waals surface area contributed by atoms with Crippen LogP contribution in [-0.4, -0.2) is 11.1 Å². The number of hydrogen-bond donors (Lipinski definition) is 2. The van der Waals surface area contributed by atoms with E-state index >= 15 is 0 Å². The molecule has 0 radical (unpaired) electrons. The van der Waals surface area contributed by atoms with Gasteiger partial charge in [-0.05, 0) is 30.5 Å². The van der Waals surface area contributed by atoms with Crippen LogP contribution in [0, 0.1) is 6.92 Å². The molecular formula is C10H12O2S. The zero-order valence-corrected chi connectivity index (χ0v) is 8.56. The highest BCUT2D eigenvalue weighted by atomic mass is 32.1. The number of hydrogen-bond acceptors (Lipinski definition) is 2. The molecule has 13 heavy (non-hydrogen) atoms. The summed E-state index contributed by atoms with van der Waals surface area (Å²) in [6, 6.07) is 3.42. The monoisotopic (exact) mass is 196 g/mol. The van der Waals surface area contributed by atoms with Gasteiger partial charge in [-0.25, -0.2) is 4.79 Å². The molecule has 0 aliphatic heterocycles. The molecule has 0 aromatic heterocycles. The first-order chi connectivity index (χ1) is 6.07. The van der Waals surface area contributed by atoms with Crippen molar-refractivity contribution in [3.8, 4) is 0 Å². The van der Waals surface area contributed by atoms with Crippen LogP contribution in [0.3, 0.4) is 0 Å². The highest BCUT2D eigenvalue weighted by Crippen LogP contribution is 2.23. The van der Waals surface area contributed by atoms with Gasteiger partial charge in [0.05, 0.1) is 5.56 Å². The predicted octanol–water partition coefficient (Wildman–Crippen LogP) is 2.54. The summed E-state index contributed by atoms with van der Waals surface area (Å²) in [4.78, 5) is 11.3. The Hall–Kier alpha value is -0.960. The number of benzene rings is 1. The van der Waals surface area contributed by atoms with Crippen molar-refractivity contribution in [1.29, 1.82) is 0 Å². The Morgan fingerprint density at radius 2 is 2.15 bits per heavy atom. The van der Waals surface area contributed by atoms with Crippen LogP contribution in [0.15, 0.2) is 17.0 Å². The van der Waals surface area contributed by atoms with Crippen LogP contribution in [0.4, 0.5) is 0 Å². The summed E-state index contributed by atoms with van der Waals surface area (Å²) < 4.78 is 0. The number of aryl methyl sites for hydroxylation is 1. The van der Waals surface area contributed by atoms with Crippen LogP contribution in [0.25, 0.3) is 0 Å². The number of aromatic carboxylic acids is 1. The van der Waals surface area contributed by atoms with E-state index in [0.29, 0.717) is 4.90 Å². The van der Waals surface area contributed by atoms with Crippen LogP contribution < -0.4 is 0 Å². The fourth-order valence-electron chi connectivity index (χ4n) is 1.36. The fourth-order valence-corrected chi connectivity index (χ4v) is 1.86. The van der Waals surface area contributed by atoms with E-state index in [1.54, 1.807) is 6.07 Å². The number of carboxylic acids is 1. The van der Waals surface area contributed by atoms with Gasteiger partial charge in [-0.2, -0.15) is 0 Å². The van der Waals surface area contributed by atoms with Crippen molar-refractivity contribution < 1.29 is 9.90 Å². The van der Waals surface area contributed by atoms with Crippen molar-refractivity contribution in [3.05, 3.63) is 28.8 Å². The average Bonchev–Trinajstić information content (AvgIpc) is 2.04. The van der Waals surface area contributed by atoms with Crippen LogP contribution in [0.2, 0.25) is 0 Å². The minimum Gasteiger partial charge on any atom is -0.478 e. The van der Waals surface area contributed by atoms with Gasteiger partial charge in [0.2, 0.25) is 0 Å². The third-order valence-corrected chi connectivity index (χ3v) is 2.61. The van der Waals surface area contributed by atoms with Gasteiger partial charge in [-0.3, -0.25) is 0 Å².